The Morgan fingerprint density at radius 1 is 1.08 bits per heavy atom. The minimum atomic E-state index is -0.0313. The molecule has 3 aliphatic rings. The van der Waals surface area contributed by atoms with Gasteiger partial charge in [-0.25, -0.2) is 0 Å². The molecule has 0 aromatic heterocycles. The average Bonchev–Trinajstić information content (AvgIpc) is 2.85. The molecule has 0 radical (unpaired) electrons. The van der Waals surface area contributed by atoms with Crippen LogP contribution in [0.5, 0.6) is 0 Å². The highest BCUT2D eigenvalue weighted by atomic mass is 16.3. The monoisotopic (exact) mass is 182 g/mol. The van der Waals surface area contributed by atoms with Crippen LogP contribution in [0.2, 0.25) is 0 Å². The van der Waals surface area contributed by atoms with Crippen LogP contribution < -0.4 is 5.32 Å². The Morgan fingerprint density at radius 2 is 1.69 bits per heavy atom. The topological polar surface area (TPSA) is 35.5 Å². The van der Waals surface area contributed by atoms with Crippen molar-refractivity contribution in [3.63, 3.8) is 0 Å². The van der Waals surface area contributed by atoms with Crippen molar-refractivity contribution in [1.82, 2.24) is 10.2 Å². The number of hydrogen-bond donors (Lipinski definition) is 2. The molecule has 2 atom stereocenters. The van der Waals surface area contributed by atoms with Gasteiger partial charge in [-0.1, -0.05) is 0 Å². The van der Waals surface area contributed by atoms with Crippen LogP contribution in [0.4, 0.5) is 0 Å². The molecule has 0 aromatic rings. The number of hydrogen-bond acceptors (Lipinski definition) is 3. The SMILES string of the molecule is OC1C2CNCC1CN(C1CC1)C2. The Kier molecular flexibility index (Phi) is 1.86. The summed E-state index contributed by atoms with van der Waals surface area (Å²) in [6, 6.07) is 0.871. The zero-order valence-corrected chi connectivity index (χ0v) is 7.95. The molecule has 3 heteroatoms. The maximum atomic E-state index is 9.94. The lowest BCUT2D eigenvalue weighted by Gasteiger charge is -2.45. The van der Waals surface area contributed by atoms with Crippen molar-refractivity contribution in [2.45, 2.75) is 25.0 Å². The molecule has 3 rings (SSSR count). The molecule has 74 valence electrons. The molecular weight excluding hydrogens is 164 g/mol. The van der Waals surface area contributed by atoms with Gasteiger partial charge in [0.15, 0.2) is 0 Å². The third kappa shape index (κ3) is 1.39. The maximum absolute atomic E-state index is 9.94. The summed E-state index contributed by atoms with van der Waals surface area (Å²) in [7, 11) is 0. The van der Waals surface area contributed by atoms with E-state index >= 15 is 0 Å². The second kappa shape index (κ2) is 2.94. The lowest BCUT2D eigenvalue weighted by molar-refractivity contribution is -0.0423. The van der Waals surface area contributed by atoms with Gasteiger partial charge in [0.1, 0.15) is 0 Å². The number of aliphatic hydroxyl groups excluding tert-OH is 1. The fraction of sp³-hybridized carbons (Fsp3) is 1.00. The molecule has 2 aliphatic heterocycles. The highest BCUT2D eigenvalue weighted by molar-refractivity contribution is 4.97. The normalized spacial score (nSPS) is 46.4. The highest BCUT2D eigenvalue weighted by Gasteiger charge is 2.42. The quantitative estimate of drug-likeness (QED) is 0.582. The van der Waals surface area contributed by atoms with E-state index in [9.17, 15) is 5.11 Å². The summed E-state index contributed by atoms with van der Waals surface area (Å²) in [6.07, 6.45) is 2.75. The van der Waals surface area contributed by atoms with Gasteiger partial charge in [0.25, 0.3) is 0 Å². The van der Waals surface area contributed by atoms with Crippen molar-refractivity contribution in [3.05, 3.63) is 0 Å². The maximum Gasteiger partial charge on any atom is 0.0645 e. The summed E-state index contributed by atoms with van der Waals surface area (Å²) < 4.78 is 0. The molecule has 0 spiro atoms. The average molecular weight is 182 g/mol. The highest BCUT2D eigenvalue weighted by Crippen LogP contribution is 2.34. The largest absolute Gasteiger partial charge is 0.392 e. The fourth-order valence-electron chi connectivity index (χ4n) is 2.84. The molecule has 2 unspecified atom stereocenters. The Bertz CT molecular complexity index is 191. The lowest BCUT2D eigenvalue weighted by Crippen LogP contribution is -2.59. The molecule has 1 aliphatic carbocycles. The Balaban J connectivity index is 1.72. The molecule has 0 amide bonds. The molecule has 0 aromatic carbocycles. The Morgan fingerprint density at radius 3 is 2.23 bits per heavy atom. The number of aliphatic hydroxyl groups is 1. The third-order valence-corrected chi connectivity index (χ3v) is 3.78. The van der Waals surface area contributed by atoms with Crippen molar-refractivity contribution in [3.8, 4) is 0 Å². The van der Waals surface area contributed by atoms with Crippen LogP contribution in [0.3, 0.4) is 0 Å². The molecule has 3 fully saturated rings. The Labute approximate surface area is 79.1 Å². The van der Waals surface area contributed by atoms with E-state index in [1.54, 1.807) is 0 Å². The number of rotatable bonds is 1. The standard InChI is InChI=1S/C10H18N2O/c13-10-7-3-11-4-8(10)6-12(5-7)9-1-2-9/h7-11,13H,1-6H2. The molecular formula is C10H18N2O. The van der Waals surface area contributed by atoms with Crippen LogP contribution in [-0.2, 0) is 0 Å². The second-order valence-corrected chi connectivity index (χ2v) is 4.85. The minimum Gasteiger partial charge on any atom is -0.392 e. The van der Waals surface area contributed by atoms with E-state index in [2.05, 4.69) is 10.2 Å². The van der Waals surface area contributed by atoms with E-state index in [1.165, 1.54) is 12.8 Å². The van der Waals surface area contributed by atoms with Crippen molar-refractivity contribution < 1.29 is 5.11 Å². The van der Waals surface area contributed by atoms with Crippen LogP contribution >= 0.6 is 0 Å². The zero-order chi connectivity index (χ0) is 8.84. The summed E-state index contributed by atoms with van der Waals surface area (Å²) in [5, 5.41) is 13.4. The van der Waals surface area contributed by atoms with Gasteiger partial charge in [-0.3, -0.25) is 4.90 Å². The number of likely N-dealkylation sites (tertiary alicyclic amines) is 1. The van der Waals surface area contributed by atoms with Gasteiger partial charge in [0, 0.05) is 44.1 Å². The van der Waals surface area contributed by atoms with Crippen molar-refractivity contribution >= 4 is 0 Å². The first-order valence-electron chi connectivity index (χ1n) is 5.47. The predicted molar refractivity (Wildman–Crippen MR) is 50.5 cm³/mol. The lowest BCUT2D eigenvalue weighted by atomic mass is 9.82. The molecule has 2 bridgehead atoms. The zero-order valence-electron chi connectivity index (χ0n) is 7.95. The van der Waals surface area contributed by atoms with E-state index in [0.717, 1.165) is 32.2 Å². The summed E-state index contributed by atoms with van der Waals surface area (Å²) in [5.74, 6) is 0.987. The summed E-state index contributed by atoms with van der Waals surface area (Å²) in [4.78, 5) is 2.60. The fourth-order valence-corrected chi connectivity index (χ4v) is 2.84. The molecule has 3 nitrogen and oxygen atoms in total. The van der Waals surface area contributed by atoms with Gasteiger partial charge >= 0.3 is 0 Å². The number of piperidine rings is 2. The summed E-state index contributed by atoms with van der Waals surface area (Å²) in [5.41, 5.74) is 0. The minimum absolute atomic E-state index is 0.0313. The van der Waals surface area contributed by atoms with Gasteiger partial charge in [-0.15, -0.1) is 0 Å². The second-order valence-electron chi connectivity index (χ2n) is 4.85. The van der Waals surface area contributed by atoms with E-state index < -0.39 is 0 Å². The van der Waals surface area contributed by atoms with Gasteiger partial charge in [-0.05, 0) is 12.8 Å². The Hall–Kier alpha value is -0.120. The van der Waals surface area contributed by atoms with Crippen LogP contribution in [0, 0.1) is 11.8 Å². The van der Waals surface area contributed by atoms with E-state index in [0.29, 0.717) is 11.8 Å². The van der Waals surface area contributed by atoms with E-state index in [4.69, 9.17) is 0 Å². The van der Waals surface area contributed by atoms with Gasteiger partial charge < -0.3 is 10.4 Å². The van der Waals surface area contributed by atoms with E-state index in [-0.39, 0.29) is 6.10 Å². The number of nitrogens with one attached hydrogen (secondary N) is 1. The predicted octanol–water partition coefficient (Wildman–Crippen LogP) is -0.339. The smallest absolute Gasteiger partial charge is 0.0645 e. The van der Waals surface area contributed by atoms with Crippen molar-refractivity contribution in [2.24, 2.45) is 11.8 Å². The number of nitrogens with zero attached hydrogens (tertiary/aromatic N) is 1. The third-order valence-electron chi connectivity index (χ3n) is 3.78. The molecule has 2 heterocycles. The molecule has 2 N–H and O–H groups in total. The molecule has 13 heavy (non-hydrogen) atoms. The molecule has 1 saturated carbocycles. The van der Waals surface area contributed by atoms with Crippen LogP contribution in [0.15, 0.2) is 0 Å². The first kappa shape index (κ1) is 8.21. The van der Waals surface area contributed by atoms with Crippen LogP contribution in [0.25, 0.3) is 0 Å². The van der Waals surface area contributed by atoms with E-state index in [1.807, 2.05) is 0 Å². The molecule has 2 saturated heterocycles. The first-order valence-corrected chi connectivity index (χ1v) is 5.47. The van der Waals surface area contributed by atoms with Crippen molar-refractivity contribution in [1.29, 1.82) is 0 Å². The van der Waals surface area contributed by atoms with Crippen LogP contribution in [-0.4, -0.2) is 48.3 Å². The van der Waals surface area contributed by atoms with Gasteiger partial charge in [-0.2, -0.15) is 0 Å². The van der Waals surface area contributed by atoms with Crippen LogP contribution in [0.1, 0.15) is 12.8 Å². The summed E-state index contributed by atoms with van der Waals surface area (Å²) >= 11 is 0. The first-order chi connectivity index (χ1) is 6.34. The summed E-state index contributed by atoms with van der Waals surface area (Å²) in [6.45, 7) is 4.27. The van der Waals surface area contributed by atoms with Crippen molar-refractivity contribution in [2.75, 3.05) is 26.2 Å². The van der Waals surface area contributed by atoms with Gasteiger partial charge in [0.2, 0.25) is 0 Å². The number of fused-ring (bicyclic) bond motifs is 2. The van der Waals surface area contributed by atoms with Gasteiger partial charge in [0.05, 0.1) is 6.10 Å².